The van der Waals surface area contributed by atoms with Crippen molar-refractivity contribution in [3.63, 3.8) is 0 Å². The van der Waals surface area contributed by atoms with E-state index in [9.17, 15) is 18.0 Å². The lowest BCUT2D eigenvalue weighted by atomic mass is 9.96. The summed E-state index contributed by atoms with van der Waals surface area (Å²) >= 11 is 1.03. The Morgan fingerprint density at radius 2 is 2.00 bits per heavy atom. The number of thiazole rings is 1. The highest BCUT2D eigenvalue weighted by molar-refractivity contribution is 7.89. The maximum Gasteiger partial charge on any atom is 0.307 e. The Labute approximate surface area is 178 Å². The number of benzene rings is 1. The predicted molar refractivity (Wildman–Crippen MR) is 114 cm³/mol. The molecule has 0 unspecified atom stereocenters. The van der Waals surface area contributed by atoms with E-state index in [4.69, 9.17) is 4.42 Å². The monoisotopic (exact) mass is 449 g/mol. The highest BCUT2D eigenvalue weighted by Crippen LogP contribution is 2.28. The summed E-state index contributed by atoms with van der Waals surface area (Å²) in [7, 11) is -0.281. The van der Waals surface area contributed by atoms with Crippen LogP contribution in [-0.2, 0) is 28.4 Å². The maximum absolute atomic E-state index is 13.1. The molecule has 1 aromatic carbocycles. The van der Waals surface area contributed by atoms with Crippen LogP contribution in [0.1, 0.15) is 18.6 Å². The molecule has 10 heteroatoms. The molecule has 2 aromatic heterocycles. The molecule has 1 fully saturated rings. The molecule has 0 bridgehead atoms. The molecule has 1 aliphatic heterocycles. The van der Waals surface area contributed by atoms with Gasteiger partial charge in [-0.2, -0.15) is 4.31 Å². The van der Waals surface area contributed by atoms with Gasteiger partial charge < -0.3 is 13.9 Å². The lowest BCUT2D eigenvalue weighted by molar-refractivity contribution is -0.136. The number of nitrogens with zero attached hydrogens (tertiary/aromatic N) is 3. The van der Waals surface area contributed by atoms with Crippen LogP contribution in [0, 0.1) is 5.92 Å². The Hall–Kier alpha value is -2.43. The minimum atomic E-state index is -3.68. The quantitative estimate of drug-likeness (QED) is 0.596. The summed E-state index contributed by atoms with van der Waals surface area (Å²) in [5.41, 5.74) is 0.716. The van der Waals surface area contributed by atoms with Gasteiger partial charge in [0, 0.05) is 33.1 Å². The number of carbonyl (C=O) groups is 1. The van der Waals surface area contributed by atoms with E-state index < -0.39 is 10.0 Å². The third kappa shape index (κ3) is 3.82. The largest absolute Gasteiger partial charge is 0.467 e. The number of aromatic nitrogens is 1. The van der Waals surface area contributed by atoms with Crippen LogP contribution in [0.5, 0.6) is 0 Å². The number of hydrogen-bond donors (Lipinski definition) is 0. The van der Waals surface area contributed by atoms with E-state index in [0.29, 0.717) is 35.4 Å². The highest BCUT2D eigenvalue weighted by Gasteiger charge is 2.33. The van der Waals surface area contributed by atoms with E-state index in [-0.39, 0.29) is 34.7 Å². The normalized spacial score (nSPS) is 16.2. The van der Waals surface area contributed by atoms with Crippen molar-refractivity contribution < 1.29 is 17.6 Å². The van der Waals surface area contributed by atoms with E-state index >= 15 is 0 Å². The first-order valence-electron chi connectivity index (χ1n) is 9.64. The van der Waals surface area contributed by atoms with E-state index in [1.807, 2.05) is 6.07 Å². The van der Waals surface area contributed by atoms with Crippen LogP contribution >= 0.6 is 11.3 Å². The summed E-state index contributed by atoms with van der Waals surface area (Å²) in [5.74, 6) is 0.502. The Kier molecular flexibility index (Phi) is 5.56. The number of fused-ring (bicyclic) bond motifs is 1. The molecule has 30 heavy (non-hydrogen) atoms. The van der Waals surface area contributed by atoms with Gasteiger partial charge in [0.05, 0.1) is 27.9 Å². The Bertz CT molecular complexity index is 1220. The van der Waals surface area contributed by atoms with Gasteiger partial charge in [0.15, 0.2) is 0 Å². The number of aryl methyl sites for hydroxylation is 1. The first kappa shape index (κ1) is 20.8. The van der Waals surface area contributed by atoms with Crippen LogP contribution in [0.3, 0.4) is 0 Å². The van der Waals surface area contributed by atoms with Crippen molar-refractivity contribution in [2.24, 2.45) is 13.0 Å². The van der Waals surface area contributed by atoms with Gasteiger partial charge in [0.25, 0.3) is 0 Å². The number of piperidine rings is 1. The molecule has 0 N–H and O–H groups in total. The second-order valence-electron chi connectivity index (χ2n) is 7.51. The van der Waals surface area contributed by atoms with Crippen LogP contribution in [-0.4, -0.2) is 48.2 Å². The molecule has 0 spiro atoms. The Morgan fingerprint density at radius 3 is 2.67 bits per heavy atom. The molecule has 1 saturated heterocycles. The number of sulfonamides is 1. The fraction of sp³-hybridized carbons (Fsp3) is 0.400. The lowest BCUT2D eigenvalue weighted by Crippen LogP contribution is -2.43. The summed E-state index contributed by atoms with van der Waals surface area (Å²) in [4.78, 5) is 26.2. The van der Waals surface area contributed by atoms with Gasteiger partial charge in [-0.1, -0.05) is 11.3 Å². The van der Waals surface area contributed by atoms with Crippen molar-refractivity contribution in [1.82, 2.24) is 13.8 Å². The number of hydrogen-bond acceptors (Lipinski definition) is 6. The highest BCUT2D eigenvalue weighted by atomic mass is 32.2. The van der Waals surface area contributed by atoms with Crippen LogP contribution in [0.4, 0.5) is 0 Å². The van der Waals surface area contributed by atoms with Crippen LogP contribution in [0.25, 0.3) is 10.2 Å². The van der Waals surface area contributed by atoms with E-state index in [0.717, 1.165) is 11.3 Å². The minimum Gasteiger partial charge on any atom is -0.467 e. The average molecular weight is 450 g/mol. The average Bonchev–Trinajstić information content (AvgIpc) is 3.35. The zero-order chi connectivity index (χ0) is 21.5. The molecule has 1 aliphatic rings. The van der Waals surface area contributed by atoms with Gasteiger partial charge in [-0.3, -0.25) is 9.59 Å². The van der Waals surface area contributed by atoms with Crippen LogP contribution in [0.15, 0.2) is 50.7 Å². The van der Waals surface area contributed by atoms with E-state index in [1.54, 1.807) is 43.5 Å². The Morgan fingerprint density at radius 1 is 1.27 bits per heavy atom. The molecule has 3 heterocycles. The van der Waals surface area contributed by atoms with Crippen molar-refractivity contribution in [2.45, 2.75) is 24.3 Å². The van der Waals surface area contributed by atoms with Gasteiger partial charge in [-0.15, -0.1) is 0 Å². The maximum atomic E-state index is 13.1. The molecule has 0 atom stereocenters. The van der Waals surface area contributed by atoms with Gasteiger partial charge in [-0.05, 0) is 43.2 Å². The van der Waals surface area contributed by atoms with Crippen LogP contribution in [0.2, 0.25) is 0 Å². The number of furan rings is 1. The van der Waals surface area contributed by atoms with Gasteiger partial charge in [0.2, 0.25) is 15.9 Å². The summed E-state index contributed by atoms with van der Waals surface area (Å²) in [6, 6.07) is 8.37. The first-order valence-corrected chi connectivity index (χ1v) is 11.9. The predicted octanol–water partition coefficient (Wildman–Crippen LogP) is 2.25. The minimum absolute atomic E-state index is 0.000992. The second kappa shape index (κ2) is 8.01. The third-order valence-corrected chi connectivity index (χ3v) is 8.44. The van der Waals surface area contributed by atoms with Gasteiger partial charge in [-0.25, -0.2) is 8.42 Å². The molecule has 0 aliphatic carbocycles. The number of rotatable bonds is 5. The molecule has 160 valence electrons. The lowest BCUT2D eigenvalue weighted by Gasteiger charge is -2.32. The molecule has 3 aromatic rings. The summed E-state index contributed by atoms with van der Waals surface area (Å²) in [6.45, 7) is 0.969. The molecular weight excluding hydrogens is 426 g/mol. The summed E-state index contributed by atoms with van der Waals surface area (Å²) < 4.78 is 35.0. The van der Waals surface area contributed by atoms with Crippen molar-refractivity contribution in [2.75, 3.05) is 20.1 Å². The number of amides is 1. The van der Waals surface area contributed by atoms with Crippen LogP contribution < -0.4 is 4.87 Å². The molecule has 1 amide bonds. The van der Waals surface area contributed by atoms with Crippen molar-refractivity contribution in [1.29, 1.82) is 0 Å². The SMILES string of the molecule is CN(Cc1ccco1)C(=O)C1CCN(S(=O)(=O)c2ccc3c(c2)sc(=O)n3C)CC1. The zero-order valence-electron chi connectivity index (χ0n) is 16.8. The van der Waals surface area contributed by atoms with Gasteiger partial charge in [0.1, 0.15) is 5.76 Å². The fourth-order valence-corrected chi connectivity index (χ4v) is 6.28. The molecule has 0 saturated carbocycles. The molecule has 4 rings (SSSR count). The standard InChI is InChI=1S/C20H23N3O5S2/c1-21(13-15-4-3-11-28-15)19(24)14-7-9-23(10-8-14)30(26,27)16-5-6-17-18(12-16)29-20(25)22(17)2/h3-6,11-12,14H,7-10,13H2,1-2H3. The van der Waals surface area contributed by atoms with E-state index in [1.165, 1.54) is 14.9 Å². The molecule has 8 nitrogen and oxygen atoms in total. The Balaban J connectivity index is 1.44. The van der Waals surface area contributed by atoms with Crippen molar-refractivity contribution in [3.8, 4) is 0 Å². The second-order valence-corrected chi connectivity index (χ2v) is 10.4. The smallest absolute Gasteiger partial charge is 0.307 e. The fourth-order valence-electron chi connectivity index (χ4n) is 3.79. The molecular formula is C20H23N3O5S2. The van der Waals surface area contributed by atoms with E-state index in [2.05, 4.69) is 0 Å². The third-order valence-electron chi connectivity index (χ3n) is 5.55. The summed E-state index contributed by atoms with van der Waals surface area (Å²) in [5, 5.41) is 0. The van der Waals surface area contributed by atoms with Gasteiger partial charge >= 0.3 is 4.87 Å². The molecule has 0 radical (unpaired) electrons. The zero-order valence-corrected chi connectivity index (χ0v) is 18.4. The van der Waals surface area contributed by atoms with Crippen molar-refractivity contribution in [3.05, 3.63) is 52.0 Å². The summed E-state index contributed by atoms with van der Waals surface area (Å²) in [6.07, 6.45) is 2.52. The first-order chi connectivity index (χ1) is 14.3. The number of carbonyl (C=O) groups excluding carboxylic acids is 1. The topological polar surface area (TPSA) is 92.8 Å². The van der Waals surface area contributed by atoms with Crippen molar-refractivity contribution >= 4 is 37.5 Å².